The van der Waals surface area contributed by atoms with Gasteiger partial charge < -0.3 is 0 Å². The van der Waals surface area contributed by atoms with Crippen molar-refractivity contribution in [3.63, 3.8) is 0 Å². The maximum absolute atomic E-state index is 13.6. The number of benzene rings is 1. The number of halogens is 4. The minimum atomic E-state index is -4.05. The second kappa shape index (κ2) is 5.74. The molecule has 0 unspecified atom stereocenters. The van der Waals surface area contributed by atoms with Gasteiger partial charge in [-0.1, -0.05) is 0 Å². The predicted molar refractivity (Wildman–Crippen MR) is 76.8 cm³/mol. The fourth-order valence-corrected chi connectivity index (χ4v) is 3.22. The zero-order valence-electron chi connectivity index (χ0n) is 9.57. The maximum Gasteiger partial charge on any atom is 0.263 e. The first-order valence-electron chi connectivity index (χ1n) is 5.07. The molecular formula is C11H6Br2F2N2O2S. The molecule has 0 atom stereocenters. The third-order valence-electron chi connectivity index (χ3n) is 2.24. The van der Waals surface area contributed by atoms with Crippen LogP contribution in [0, 0.1) is 11.6 Å². The number of hydrogen-bond acceptors (Lipinski definition) is 3. The Hall–Kier alpha value is -1.06. The van der Waals surface area contributed by atoms with Crippen molar-refractivity contribution >= 4 is 47.6 Å². The van der Waals surface area contributed by atoms with E-state index in [-0.39, 0.29) is 9.37 Å². The summed E-state index contributed by atoms with van der Waals surface area (Å²) in [5.74, 6) is -1.68. The van der Waals surface area contributed by atoms with E-state index in [2.05, 4.69) is 36.8 Å². The topological polar surface area (TPSA) is 59.1 Å². The zero-order valence-corrected chi connectivity index (χ0v) is 13.6. The average molecular weight is 428 g/mol. The van der Waals surface area contributed by atoms with Crippen molar-refractivity contribution in [2.45, 2.75) is 4.90 Å². The third kappa shape index (κ3) is 3.33. The molecule has 9 heteroatoms. The van der Waals surface area contributed by atoms with E-state index in [4.69, 9.17) is 0 Å². The highest BCUT2D eigenvalue weighted by atomic mass is 79.9. The number of anilines is 1. The van der Waals surface area contributed by atoms with Crippen molar-refractivity contribution in [1.29, 1.82) is 0 Å². The van der Waals surface area contributed by atoms with Crippen molar-refractivity contribution in [2.24, 2.45) is 0 Å². The first-order valence-corrected chi connectivity index (χ1v) is 8.14. The molecule has 0 saturated carbocycles. The van der Waals surface area contributed by atoms with Gasteiger partial charge in [0.15, 0.2) is 0 Å². The Balaban J connectivity index is 2.41. The van der Waals surface area contributed by atoms with Gasteiger partial charge >= 0.3 is 0 Å². The van der Waals surface area contributed by atoms with Crippen LogP contribution in [0.25, 0.3) is 0 Å². The van der Waals surface area contributed by atoms with Crippen molar-refractivity contribution < 1.29 is 17.2 Å². The van der Waals surface area contributed by atoms with Crippen molar-refractivity contribution in [3.05, 3.63) is 51.2 Å². The SMILES string of the molecule is O=S(=O)(Nc1cc(F)c(Br)cc1F)c1cncc(Br)c1. The number of hydrogen-bond donors (Lipinski definition) is 1. The van der Waals surface area contributed by atoms with Gasteiger partial charge in [-0.15, -0.1) is 0 Å². The second-order valence-electron chi connectivity index (χ2n) is 3.69. The van der Waals surface area contributed by atoms with Crippen LogP contribution in [-0.4, -0.2) is 13.4 Å². The smallest absolute Gasteiger partial charge is 0.263 e. The van der Waals surface area contributed by atoms with Crippen LogP contribution in [0.2, 0.25) is 0 Å². The molecule has 0 saturated heterocycles. The lowest BCUT2D eigenvalue weighted by molar-refractivity contribution is 0.591. The molecule has 0 amide bonds. The summed E-state index contributed by atoms with van der Waals surface area (Å²) >= 11 is 5.89. The predicted octanol–water partition coefficient (Wildman–Crippen LogP) is 3.69. The van der Waals surface area contributed by atoms with E-state index in [0.717, 1.165) is 18.3 Å². The van der Waals surface area contributed by atoms with Crippen LogP contribution in [0.3, 0.4) is 0 Å². The molecule has 1 N–H and O–H groups in total. The minimum absolute atomic E-state index is 0.0953. The van der Waals surface area contributed by atoms with E-state index in [1.54, 1.807) is 0 Å². The molecule has 0 fully saturated rings. The van der Waals surface area contributed by atoms with E-state index >= 15 is 0 Å². The molecule has 2 rings (SSSR count). The van der Waals surface area contributed by atoms with Gasteiger partial charge in [0.2, 0.25) is 0 Å². The Morgan fingerprint density at radius 3 is 2.40 bits per heavy atom. The Kier molecular flexibility index (Phi) is 4.40. The molecule has 0 spiro atoms. The molecule has 1 aromatic heterocycles. The van der Waals surface area contributed by atoms with Crippen LogP contribution in [0.4, 0.5) is 14.5 Å². The van der Waals surface area contributed by atoms with E-state index < -0.39 is 27.3 Å². The highest BCUT2D eigenvalue weighted by Crippen LogP contribution is 2.25. The van der Waals surface area contributed by atoms with Gasteiger partial charge in [-0.05, 0) is 44.0 Å². The fourth-order valence-electron chi connectivity index (χ4n) is 1.34. The summed E-state index contributed by atoms with van der Waals surface area (Å²) in [6.07, 6.45) is 2.50. The lowest BCUT2D eigenvalue weighted by atomic mass is 10.3. The minimum Gasteiger partial charge on any atom is -0.276 e. The monoisotopic (exact) mass is 426 g/mol. The summed E-state index contributed by atoms with van der Waals surface area (Å²) in [7, 11) is -4.05. The molecule has 4 nitrogen and oxygen atoms in total. The second-order valence-corrected chi connectivity index (χ2v) is 7.14. The van der Waals surface area contributed by atoms with Crippen LogP contribution in [0.15, 0.2) is 44.4 Å². The molecule has 0 aliphatic heterocycles. The molecule has 1 aromatic carbocycles. The van der Waals surface area contributed by atoms with Gasteiger partial charge in [-0.25, -0.2) is 17.2 Å². The number of nitrogens with one attached hydrogen (secondary N) is 1. The van der Waals surface area contributed by atoms with E-state index in [1.165, 1.54) is 12.3 Å². The van der Waals surface area contributed by atoms with Crippen LogP contribution in [0.1, 0.15) is 0 Å². The molecule has 0 radical (unpaired) electrons. The largest absolute Gasteiger partial charge is 0.276 e. The summed E-state index contributed by atoms with van der Waals surface area (Å²) in [6, 6.07) is 2.89. The lowest BCUT2D eigenvalue weighted by Gasteiger charge is -2.09. The Morgan fingerprint density at radius 1 is 1.05 bits per heavy atom. The van der Waals surface area contributed by atoms with Gasteiger partial charge in [0.1, 0.15) is 16.5 Å². The fraction of sp³-hybridized carbons (Fsp3) is 0. The normalized spacial score (nSPS) is 11.4. The summed E-state index contributed by atoms with van der Waals surface area (Å²) in [4.78, 5) is 3.53. The summed E-state index contributed by atoms with van der Waals surface area (Å²) in [5, 5.41) is 0. The number of nitrogens with zero attached hydrogens (tertiary/aromatic N) is 1. The number of rotatable bonds is 3. The van der Waals surface area contributed by atoms with E-state index in [1.807, 2.05) is 4.72 Å². The van der Waals surface area contributed by atoms with E-state index in [9.17, 15) is 17.2 Å². The standard InChI is InChI=1S/C11H6Br2F2N2O2S/c12-6-1-7(5-16-4-6)20(18,19)17-11-3-9(14)8(13)2-10(11)15/h1-5,17H. The number of sulfonamides is 1. The van der Waals surface area contributed by atoms with Crippen LogP contribution in [0.5, 0.6) is 0 Å². The molecule has 20 heavy (non-hydrogen) atoms. The Bertz CT molecular complexity index is 769. The lowest BCUT2D eigenvalue weighted by Crippen LogP contribution is -2.14. The molecule has 0 aliphatic carbocycles. The van der Waals surface area contributed by atoms with Gasteiger partial charge in [-0.3, -0.25) is 9.71 Å². The highest BCUT2D eigenvalue weighted by molar-refractivity contribution is 9.10. The van der Waals surface area contributed by atoms with Crippen LogP contribution in [-0.2, 0) is 10.0 Å². The summed E-state index contributed by atoms with van der Waals surface area (Å²) in [6.45, 7) is 0. The molecule has 106 valence electrons. The Morgan fingerprint density at radius 2 is 1.75 bits per heavy atom. The summed E-state index contributed by atoms with van der Waals surface area (Å²) in [5.41, 5.74) is -0.481. The molecule has 1 heterocycles. The number of aromatic nitrogens is 1. The van der Waals surface area contributed by atoms with Crippen LogP contribution < -0.4 is 4.72 Å². The molecule has 0 aliphatic rings. The number of pyridine rings is 1. The van der Waals surface area contributed by atoms with Gasteiger partial charge in [0.05, 0.1) is 10.2 Å². The zero-order chi connectivity index (χ0) is 14.9. The van der Waals surface area contributed by atoms with Crippen molar-refractivity contribution in [1.82, 2.24) is 4.98 Å². The van der Waals surface area contributed by atoms with Crippen LogP contribution >= 0.6 is 31.9 Å². The van der Waals surface area contributed by atoms with Crippen molar-refractivity contribution in [3.8, 4) is 0 Å². The third-order valence-corrected chi connectivity index (χ3v) is 4.62. The van der Waals surface area contributed by atoms with E-state index in [0.29, 0.717) is 4.47 Å². The van der Waals surface area contributed by atoms with Gasteiger partial charge in [0, 0.05) is 22.9 Å². The quantitative estimate of drug-likeness (QED) is 0.760. The first kappa shape index (κ1) is 15.3. The summed E-state index contributed by atoms with van der Waals surface area (Å²) < 4.78 is 53.3. The van der Waals surface area contributed by atoms with Gasteiger partial charge in [0.25, 0.3) is 10.0 Å². The van der Waals surface area contributed by atoms with Crippen molar-refractivity contribution in [2.75, 3.05) is 4.72 Å². The molecule has 2 aromatic rings. The first-order chi connectivity index (χ1) is 9.29. The maximum atomic E-state index is 13.6. The molecule has 0 bridgehead atoms. The van der Waals surface area contributed by atoms with Gasteiger partial charge in [-0.2, -0.15) is 0 Å². The Labute approximate surface area is 130 Å². The highest BCUT2D eigenvalue weighted by Gasteiger charge is 2.18. The molecular weight excluding hydrogens is 422 g/mol. The average Bonchev–Trinajstić information content (AvgIpc) is 2.36.